The van der Waals surface area contributed by atoms with Gasteiger partial charge in [-0.05, 0) is 19.4 Å². The molecule has 0 bridgehead atoms. The summed E-state index contributed by atoms with van der Waals surface area (Å²) >= 11 is 1.42. The minimum Gasteiger partial charge on any atom is -0.454 e. The summed E-state index contributed by atoms with van der Waals surface area (Å²) in [4.78, 5) is 52.5. The van der Waals surface area contributed by atoms with Crippen LogP contribution >= 0.6 is 11.3 Å². The lowest BCUT2D eigenvalue weighted by molar-refractivity contribution is -0.149. The molecule has 0 atom stereocenters. The van der Waals surface area contributed by atoms with Crippen LogP contribution in [0, 0.1) is 13.8 Å². The van der Waals surface area contributed by atoms with E-state index in [2.05, 4.69) is 15.6 Å². The van der Waals surface area contributed by atoms with Crippen LogP contribution in [0.1, 0.15) is 10.4 Å². The zero-order chi connectivity index (χ0) is 18.6. The van der Waals surface area contributed by atoms with E-state index in [0.717, 1.165) is 15.0 Å². The van der Waals surface area contributed by atoms with Gasteiger partial charge in [-0.15, -0.1) is 11.3 Å². The number of carbonyl (C=O) groups excluding carboxylic acids is 3. The molecule has 0 aliphatic heterocycles. The van der Waals surface area contributed by atoms with Gasteiger partial charge in [0.1, 0.15) is 11.4 Å². The molecule has 2 rings (SSSR count). The van der Waals surface area contributed by atoms with Crippen molar-refractivity contribution >= 4 is 39.3 Å². The summed E-state index contributed by atoms with van der Waals surface area (Å²) in [6.45, 7) is 2.65. The first-order valence-corrected chi connectivity index (χ1v) is 8.23. The van der Waals surface area contributed by atoms with E-state index in [1.807, 2.05) is 13.8 Å². The smallest absolute Gasteiger partial charge is 0.326 e. The summed E-state index contributed by atoms with van der Waals surface area (Å²) in [5, 5.41) is 5.12. The molecule has 2 N–H and O–H groups in total. The van der Waals surface area contributed by atoms with Gasteiger partial charge >= 0.3 is 5.97 Å². The Labute approximate surface area is 147 Å². The lowest BCUT2D eigenvalue weighted by atomic mass is 10.2. The monoisotopic (exact) mass is 366 g/mol. The van der Waals surface area contributed by atoms with Gasteiger partial charge in [0.05, 0.1) is 18.3 Å². The number of aryl methyl sites for hydroxylation is 2. The molecule has 0 aromatic carbocycles. The Morgan fingerprint density at radius 3 is 2.68 bits per heavy atom. The number of hydrogen-bond acceptors (Lipinski definition) is 7. The van der Waals surface area contributed by atoms with Crippen LogP contribution in [-0.2, 0) is 25.7 Å². The van der Waals surface area contributed by atoms with Crippen LogP contribution in [0.3, 0.4) is 0 Å². The largest absolute Gasteiger partial charge is 0.454 e. The molecule has 0 radical (unpaired) electrons. The fraction of sp³-hybridized carbons (Fsp3) is 0.400. The van der Waals surface area contributed by atoms with E-state index < -0.39 is 18.5 Å². The minimum absolute atomic E-state index is 0.205. The fourth-order valence-electron chi connectivity index (χ4n) is 2.03. The van der Waals surface area contributed by atoms with Gasteiger partial charge in [-0.25, -0.2) is 4.98 Å². The maximum Gasteiger partial charge on any atom is 0.326 e. The molecule has 0 fully saturated rings. The highest BCUT2D eigenvalue weighted by molar-refractivity contribution is 7.18. The molecule has 10 heteroatoms. The van der Waals surface area contributed by atoms with E-state index in [-0.39, 0.29) is 24.6 Å². The molecule has 2 heterocycles. The molecule has 0 spiro atoms. The molecule has 2 aromatic rings. The fourth-order valence-corrected chi connectivity index (χ4v) is 3.02. The third kappa shape index (κ3) is 4.41. The first-order valence-electron chi connectivity index (χ1n) is 7.41. The van der Waals surface area contributed by atoms with Crippen LogP contribution in [0.15, 0.2) is 11.1 Å². The molecular weight excluding hydrogens is 348 g/mol. The number of nitrogens with one attached hydrogen (secondary N) is 2. The highest BCUT2D eigenvalue weighted by Crippen LogP contribution is 2.25. The summed E-state index contributed by atoms with van der Waals surface area (Å²) in [5.41, 5.74) is 0.515. The third-order valence-corrected chi connectivity index (χ3v) is 4.66. The van der Waals surface area contributed by atoms with Gasteiger partial charge < -0.3 is 15.4 Å². The maximum absolute atomic E-state index is 12.4. The lowest BCUT2D eigenvalue weighted by Crippen LogP contribution is -2.37. The standard InChI is InChI=1S/C15H18N4O5S/c1-8-9(2)25-14-13(8)15(23)19(7-18-14)5-12(22)24-6-11(21)17-4-10(20)16-3/h7H,4-6H2,1-3H3,(H,16,20)(H,17,21). The number of hydrogen-bond donors (Lipinski definition) is 2. The van der Waals surface area contributed by atoms with Crippen molar-refractivity contribution in [3.8, 4) is 0 Å². The van der Waals surface area contributed by atoms with E-state index in [0.29, 0.717) is 10.2 Å². The van der Waals surface area contributed by atoms with Crippen molar-refractivity contribution in [1.29, 1.82) is 0 Å². The number of nitrogens with zero attached hydrogens (tertiary/aromatic N) is 2. The van der Waals surface area contributed by atoms with E-state index >= 15 is 0 Å². The number of aromatic nitrogens is 2. The summed E-state index contributed by atoms with van der Waals surface area (Å²) in [6, 6.07) is 0. The molecule has 0 aliphatic rings. The summed E-state index contributed by atoms with van der Waals surface area (Å²) in [5.74, 6) is -1.72. The predicted molar refractivity (Wildman–Crippen MR) is 91.4 cm³/mol. The highest BCUT2D eigenvalue weighted by atomic mass is 32.1. The van der Waals surface area contributed by atoms with Gasteiger partial charge in [-0.3, -0.25) is 23.7 Å². The van der Waals surface area contributed by atoms with Crippen LogP contribution in [0.4, 0.5) is 0 Å². The molecule has 2 amide bonds. The van der Waals surface area contributed by atoms with Crippen molar-refractivity contribution in [2.75, 3.05) is 20.2 Å². The van der Waals surface area contributed by atoms with Crippen molar-refractivity contribution in [3.63, 3.8) is 0 Å². The van der Waals surface area contributed by atoms with E-state index in [9.17, 15) is 19.2 Å². The first-order chi connectivity index (χ1) is 11.8. The van der Waals surface area contributed by atoms with Crippen LogP contribution in [0.5, 0.6) is 0 Å². The molecule has 9 nitrogen and oxygen atoms in total. The zero-order valence-electron chi connectivity index (χ0n) is 14.0. The van der Waals surface area contributed by atoms with Crippen molar-refractivity contribution in [3.05, 3.63) is 27.1 Å². The van der Waals surface area contributed by atoms with Gasteiger partial charge in [0, 0.05) is 11.9 Å². The number of amides is 2. The molecule has 2 aromatic heterocycles. The minimum atomic E-state index is -0.747. The van der Waals surface area contributed by atoms with E-state index in [4.69, 9.17) is 4.74 Å². The highest BCUT2D eigenvalue weighted by Gasteiger charge is 2.15. The SMILES string of the molecule is CNC(=O)CNC(=O)COC(=O)Cn1cnc2sc(C)c(C)c2c1=O. The molecule has 0 aliphatic carbocycles. The summed E-state index contributed by atoms with van der Waals surface area (Å²) < 4.78 is 5.95. The van der Waals surface area contributed by atoms with E-state index in [1.165, 1.54) is 24.7 Å². The van der Waals surface area contributed by atoms with Crippen LogP contribution in [0.2, 0.25) is 0 Å². The Morgan fingerprint density at radius 1 is 1.28 bits per heavy atom. The molecular formula is C15H18N4O5S. The second-order valence-electron chi connectivity index (χ2n) is 5.25. The van der Waals surface area contributed by atoms with Gasteiger partial charge in [-0.2, -0.15) is 0 Å². The number of ether oxygens (including phenoxy) is 1. The summed E-state index contributed by atoms with van der Waals surface area (Å²) in [7, 11) is 1.44. The Hall–Kier alpha value is -2.75. The number of thiophene rings is 1. The molecule has 0 unspecified atom stereocenters. The Morgan fingerprint density at radius 2 is 2.00 bits per heavy atom. The van der Waals surface area contributed by atoms with Crippen molar-refractivity contribution < 1.29 is 19.1 Å². The number of carbonyl (C=O) groups is 3. The Bertz CT molecular complexity index is 886. The Kier molecular flexibility index (Phi) is 5.86. The quantitative estimate of drug-likeness (QED) is 0.664. The zero-order valence-corrected chi connectivity index (χ0v) is 14.9. The Balaban J connectivity index is 1.97. The molecule has 0 saturated carbocycles. The topological polar surface area (TPSA) is 119 Å². The lowest BCUT2D eigenvalue weighted by Gasteiger charge is -2.07. The van der Waals surface area contributed by atoms with Crippen LogP contribution in [0.25, 0.3) is 10.2 Å². The molecule has 0 saturated heterocycles. The van der Waals surface area contributed by atoms with Crippen molar-refractivity contribution in [1.82, 2.24) is 20.2 Å². The van der Waals surface area contributed by atoms with Gasteiger partial charge in [0.15, 0.2) is 6.61 Å². The van der Waals surface area contributed by atoms with E-state index in [1.54, 1.807) is 0 Å². The number of rotatable bonds is 6. The second kappa shape index (κ2) is 7.88. The van der Waals surface area contributed by atoms with Gasteiger partial charge in [-0.1, -0.05) is 0 Å². The van der Waals surface area contributed by atoms with Gasteiger partial charge in [0.2, 0.25) is 5.91 Å². The number of likely N-dealkylation sites (N-methyl/N-ethyl adjacent to an activating group) is 1. The number of fused-ring (bicyclic) bond motifs is 1. The number of esters is 1. The average Bonchev–Trinajstić information content (AvgIpc) is 2.88. The third-order valence-electron chi connectivity index (χ3n) is 3.54. The maximum atomic E-state index is 12.4. The van der Waals surface area contributed by atoms with Gasteiger partial charge in [0.25, 0.3) is 11.5 Å². The predicted octanol–water partition coefficient (Wildman–Crippen LogP) is -0.520. The second-order valence-corrected chi connectivity index (χ2v) is 6.45. The van der Waals surface area contributed by atoms with Crippen molar-refractivity contribution in [2.45, 2.75) is 20.4 Å². The van der Waals surface area contributed by atoms with Crippen LogP contribution in [-0.4, -0.2) is 47.5 Å². The normalized spacial score (nSPS) is 10.5. The van der Waals surface area contributed by atoms with Crippen molar-refractivity contribution in [2.24, 2.45) is 0 Å². The average molecular weight is 366 g/mol. The summed E-state index contributed by atoms with van der Waals surface area (Å²) in [6.07, 6.45) is 1.28. The molecule has 134 valence electrons. The first kappa shape index (κ1) is 18.6. The van der Waals surface area contributed by atoms with Crippen LogP contribution < -0.4 is 16.2 Å². The molecule has 25 heavy (non-hydrogen) atoms.